The first kappa shape index (κ1) is 23.5. The molecule has 7 nitrogen and oxygen atoms in total. The number of carbonyl (C=O) groups excluding carboxylic acids is 2. The lowest BCUT2D eigenvalue weighted by molar-refractivity contribution is -0.117. The van der Waals surface area contributed by atoms with Crippen LogP contribution in [0.4, 0.5) is 0 Å². The number of benzene rings is 1. The average Bonchev–Trinajstić information content (AvgIpc) is 3.52. The van der Waals surface area contributed by atoms with Crippen LogP contribution in [-0.4, -0.2) is 38.3 Å². The van der Waals surface area contributed by atoms with Crippen molar-refractivity contribution in [1.82, 2.24) is 10.6 Å². The maximum Gasteiger partial charge on any atom is 0.267 e. The zero-order valence-electron chi connectivity index (χ0n) is 17.8. The SMILES string of the molecule is COc1ccc(C(=O)N/C(=C\c2cccs2)C(=O)NCCSCc2ccco2)cc1OC. The first-order valence-electron chi connectivity index (χ1n) is 9.77. The van der Waals surface area contributed by atoms with Crippen molar-refractivity contribution in [1.29, 1.82) is 0 Å². The number of rotatable bonds is 11. The Morgan fingerprint density at radius 2 is 1.97 bits per heavy atom. The number of hydrogen-bond acceptors (Lipinski definition) is 7. The van der Waals surface area contributed by atoms with Gasteiger partial charge in [0.1, 0.15) is 11.5 Å². The van der Waals surface area contributed by atoms with E-state index in [-0.39, 0.29) is 11.6 Å². The van der Waals surface area contributed by atoms with Crippen molar-refractivity contribution in [2.45, 2.75) is 5.75 Å². The fourth-order valence-electron chi connectivity index (χ4n) is 2.75. The second-order valence-corrected chi connectivity index (χ2v) is 8.57. The van der Waals surface area contributed by atoms with Crippen molar-refractivity contribution in [3.63, 3.8) is 0 Å². The summed E-state index contributed by atoms with van der Waals surface area (Å²) in [6.45, 7) is 0.457. The molecule has 2 amide bonds. The lowest BCUT2D eigenvalue weighted by atomic mass is 10.1. The maximum absolute atomic E-state index is 12.8. The van der Waals surface area contributed by atoms with Crippen molar-refractivity contribution in [3.8, 4) is 11.5 Å². The van der Waals surface area contributed by atoms with Crippen LogP contribution in [-0.2, 0) is 10.5 Å². The number of hydrogen-bond donors (Lipinski definition) is 2. The first-order chi connectivity index (χ1) is 15.6. The summed E-state index contributed by atoms with van der Waals surface area (Å²) in [5, 5.41) is 7.49. The van der Waals surface area contributed by atoms with Crippen LogP contribution in [0.2, 0.25) is 0 Å². The molecule has 3 aromatic rings. The summed E-state index contributed by atoms with van der Waals surface area (Å²) >= 11 is 3.12. The average molecular weight is 473 g/mol. The zero-order chi connectivity index (χ0) is 22.8. The molecule has 0 aliphatic rings. The van der Waals surface area contributed by atoms with E-state index < -0.39 is 5.91 Å². The van der Waals surface area contributed by atoms with Gasteiger partial charge in [0, 0.05) is 22.7 Å². The van der Waals surface area contributed by atoms with E-state index >= 15 is 0 Å². The Labute approximate surface area is 194 Å². The van der Waals surface area contributed by atoms with Gasteiger partial charge in [-0.1, -0.05) is 6.07 Å². The van der Waals surface area contributed by atoms with Crippen molar-refractivity contribution < 1.29 is 23.5 Å². The molecule has 0 aliphatic heterocycles. The Morgan fingerprint density at radius 3 is 2.66 bits per heavy atom. The molecule has 0 saturated carbocycles. The third kappa shape index (κ3) is 6.66. The summed E-state index contributed by atoms with van der Waals surface area (Å²) in [4.78, 5) is 26.5. The number of nitrogens with one attached hydrogen (secondary N) is 2. The Morgan fingerprint density at radius 1 is 1.12 bits per heavy atom. The van der Waals surface area contributed by atoms with Crippen LogP contribution in [0, 0.1) is 0 Å². The molecule has 32 heavy (non-hydrogen) atoms. The van der Waals surface area contributed by atoms with Crippen LogP contribution in [0.5, 0.6) is 11.5 Å². The van der Waals surface area contributed by atoms with Gasteiger partial charge in [0.25, 0.3) is 11.8 Å². The van der Waals surface area contributed by atoms with E-state index in [9.17, 15) is 9.59 Å². The standard InChI is InChI=1S/C23H24N2O5S2/c1-28-20-8-7-16(13-21(20)29-2)22(26)25-19(14-18-6-4-11-32-18)23(27)24-9-12-31-15-17-5-3-10-30-17/h3-8,10-11,13-14H,9,12,15H2,1-2H3,(H,24,27)(H,25,26)/b19-14-. The number of furan rings is 1. The van der Waals surface area contributed by atoms with Crippen molar-refractivity contribution in [2.24, 2.45) is 0 Å². The molecule has 0 saturated heterocycles. The van der Waals surface area contributed by atoms with Gasteiger partial charge >= 0.3 is 0 Å². The highest BCUT2D eigenvalue weighted by Crippen LogP contribution is 2.27. The van der Waals surface area contributed by atoms with E-state index in [4.69, 9.17) is 13.9 Å². The Bertz CT molecular complexity index is 1050. The topological polar surface area (TPSA) is 89.8 Å². The molecule has 0 fully saturated rings. The van der Waals surface area contributed by atoms with Gasteiger partial charge in [0.15, 0.2) is 11.5 Å². The fourth-order valence-corrected chi connectivity index (χ4v) is 4.16. The zero-order valence-corrected chi connectivity index (χ0v) is 19.4. The van der Waals surface area contributed by atoms with E-state index in [1.54, 1.807) is 42.3 Å². The van der Waals surface area contributed by atoms with Crippen LogP contribution in [0.3, 0.4) is 0 Å². The van der Waals surface area contributed by atoms with Crippen molar-refractivity contribution in [3.05, 3.63) is 76.0 Å². The van der Waals surface area contributed by atoms with Gasteiger partial charge in [-0.15, -0.1) is 11.3 Å². The Kier molecular flexibility index (Phi) is 8.82. The molecule has 0 spiro atoms. The largest absolute Gasteiger partial charge is 0.493 e. The van der Waals surface area contributed by atoms with Crippen molar-refractivity contribution in [2.75, 3.05) is 26.5 Å². The number of amides is 2. The predicted octanol–water partition coefficient (Wildman–Crippen LogP) is 4.18. The second-order valence-electron chi connectivity index (χ2n) is 6.49. The molecule has 9 heteroatoms. The quantitative estimate of drug-likeness (QED) is 0.321. The normalized spacial score (nSPS) is 11.1. The highest BCUT2D eigenvalue weighted by Gasteiger charge is 2.16. The summed E-state index contributed by atoms with van der Waals surface area (Å²) in [5.41, 5.74) is 0.518. The molecule has 0 aliphatic carbocycles. The van der Waals surface area contributed by atoms with Crippen molar-refractivity contribution >= 4 is 41.0 Å². The van der Waals surface area contributed by atoms with Gasteiger partial charge in [-0.2, -0.15) is 11.8 Å². The lowest BCUT2D eigenvalue weighted by Crippen LogP contribution is -2.35. The van der Waals surface area contributed by atoms with E-state index in [2.05, 4.69) is 10.6 Å². The molecule has 2 aromatic heterocycles. The molecule has 0 unspecified atom stereocenters. The third-order valence-electron chi connectivity index (χ3n) is 4.32. The minimum Gasteiger partial charge on any atom is -0.493 e. The molecule has 168 valence electrons. The summed E-state index contributed by atoms with van der Waals surface area (Å²) in [6, 6.07) is 12.3. The minimum absolute atomic E-state index is 0.170. The highest BCUT2D eigenvalue weighted by atomic mass is 32.2. The van der Waals surface area contributed by atoms with Gasteiger partial charge in [-0.25, -0.2) is 0 Å². The van der Waals surface area contributed by atoms with E-state index in [0.717, 1.165) is 16.4 Å². The molecule has 1 aromatic carbocycles. The minimum atomic E-state index is -0.420. The number of thioether (sulfide) groups is 1. The van der Waals surface area contributed by atoms with E-state index in [1.807, 2.05) is 29.6 Å². The van der Waals surface area contributed by atoms with Gasteiger partial charge in [-0.05, 0) is 47.9 Å². The number of ether oxygens (including phenoxy) is 2. The number of methoxy groups -OCH3 is 2. The predicted molar refractivity (Wildman–Crippen MR) is 127 cm³/mol. The van der Waals surface area contributed by atoms with Crippen LogP contribution < -0.4 is 20.1 Å². The van der Waals surface area contributed by atoms with E-state index in [0.29, 0.717) is 29.4 Å². The van der Waals surface area contributed by atoms with Crippen LogP contribution >= 0.6 is 23.1 Å². The third-order valence-corrected chi connectivity index (χ3v) is 6.13. The molecule has 0 bridgehead atoms. The Balaban J connectivity index is 1.63. The lowest BCUT2D eigenvalue weighted by Gasteiger charge is -2.12. The highest BCUT2D eigenvalue weighted by molar-refractivity contribution is 7.98. The molecular formula is C23H24N2O5S2. The Hall–Kier alpha value is -3.17. The first-order valence-corrected chi connectivity index (χ1v) is 11.8. The molecule has 2 heterocycles. The van der Waals surface area contributed by atoms with Gasteiger partial charge < -0.3 is 24.5 Å². The van der Waals surface area contributed by atoms with Crippen LogP contribution in [0.1, 0.15) is 21.0 Å². The molecule has 0 radical (unpaired) electrons. The van der Waals surface area contributed by atoms with Crippen LogP contribution in [0.15, 0.2) is 64.2 Å². The fraction of sp³-hybridized carbons (Fsp3) is 0.217. The molecular weight excluding hydrogens is 448 g/mol. The van der Waals surface area contributed by atoms with Crippen LogP contribution in [0.25, 0.3) is 6.08 Å². The van der Waals surface area contributed by atoms with Gasteiger partial charge in [-0.3, -0.25) is 9.59 Å². The maximum atomic E-state index is 12.8. The summed E-state index contributed by atoms with van der Waals surface area (Å²) in [6.07, 6.45) is 3.30. The summed E-state index contributed by atoms with van der Waals surface area (Å²) in [7, 11) is 3.02. The summed E-state index contributed by atoms with van der Waals surface area (Å²) < 4.78 is 15.8. The smallest absolute Gasteiger partial charge is 0.267 e. The summed E-state index contributed by atoms with van der Waals surface area (Å²) in [5.74, 6) is 2.51. The molecule has 2 N–H and O–H groups in total. The van der Waals surface area contributed by atoms with Gasteiger partial charge in [0.2, 0.25) is 0 Å². The monoisotopic (exact) mass is 472 g/mol. The molecule has 0 atom stereocenters. The van der Waals surface area contributed by atoms with Gasteiger partial charge in [0.05, 0.1) is 26.2 Å². The molecule has 3 rings (SSSR count). The number of carbonyl (C=O) groups is 2. The van der Waals surface area contributed by atoms with E-state index in [1.165, 1.54) is 25.6 Å². The number of thiophene rings is 1. The second kappa shape index (κ2) is 12.0.